The van der Waals surface area contributed by atoms with Crippen molar-refractivity contribution in [1.29, 1.82) is 0 Å². The van der Waals surface area contributed by atoms with Crippen molar-refractivity contribution in [2.24, 2.45) is 5.92 Å². The van der Waals surface area contributed by atoms with Gasteiger partial charge in [-0.15, -0.1) is 11.3 Å². The van der Waals surface area contributed by atoms with E-state index in [1.165, 1.54) is 40.0 Å². The molecule has 78 valence electrons. The van der Waals surface area contributed by atoms with E-state index in [0.29, 0.717) is 0 Å². The van der Waals surface area contributed by atoms with Crippen LogP contribution in [0.2, 0.25) is 0 Å². The van der Waals surface area contributed by atoms with Crippen LogP contribution in [0.25, 0.3) is 0 Å². The molecule has 0 radical (unpaired) electrons. The van der Waals surface area contributed by atoms with E-state index in [1.807, 2.05) is 11.3 Å². The first-order chi connectivity index (χ1) is 6.75. The van der Waals surface area contributed by atoms with Gasteiger partial charge in [0.2, 0.25) is 0 Å². The molecular formula is C11H16BrNS. The minimum atomic E-state index is 0.958. The van der Waals surface area contributed by atoms with Crippen LogP contribution in [-0.2, 0) is 6.54 Å². The van der Waals surface area contributed by atoms with Crippen molar-refractivity contribution < 1.29 is 0 Å². The molecule has 3 heteroatoms. The molecule has 1 aliphatic rings. The molecular weight excluding hydrogens is 258 g/mol. The van der Waals surface area contributed by atoms with Crippen LogP contribution in [-0.4, -0.2) is 6.54 Å². The molecule has 2 rings (SSSR count). The highest BCUT2D eigenvalue weighted by Crippen LogP contribution is 2.27. The van der Waals surface area contributed by atoms with Gasteiger partial charge >= 0.3 is 0 Å². The first-order valence-corrected chi connectivity index (χ1v) is 6.82. The Labute approximate surface area is 98.0 Å². The summed E-state index contributed by atoms with van der Waals surface area (Å²) in [7, 11) is 0. The van der Waals surface area contributed by atoms with Crippen LogP contribution in [0.3, 0.4) is 0 Å². The van der Waals surface area contributed by atoms with Crippen molar-refractivity contribution >= 4 is 27.3 Å². The van der Waals surface area contributed by atoms with Gasteiger partial charge in [-0.2, -0.15) is 0 Å². The molecule has 0 atom stereocenters. The van der Waals surface area contributed by atoms with Crippen LogP contribution >= 0.6 is 27.3 Å². The first kappa shape index (κ1) is 10.7. The summed E-state index contributed by atoms with van der Waals surface area (Å²) in [6.45, 7) is 4.40. The fourth-order valence-corrected chi connectivity index (χ4v) is 3.27. The zero-order valence-corrected chi connectivity index (χ0v) is 10.9. The van der Waals surface area contributed by atoms with Crippen molar-refractivity contribution in [3.63, 3.8) is 0 Å². The number of halogens is 1. The average molecular weight is 274 g/mol. The standard InChI is InChI=1S/C11H16BrNS/c1-8-11(12)5-10(14-8)7-13-6-9-3-2-4-9/h5,9,13H,2-4,6-7H2,1H3. The van der Waals surface area contributed by atoms with Gasteiger partial charge in [-0.25, -0.2) is 0 Å². The summed E-state index contributed by atoms with van der Waals surface area (Å²) >= 11 is 5.43. The smallest absolute Gasteiger partial charge is 0.0314 e. The Hall–Kier alpha value is 0.140. The van der Waals surface area contributed by atoms with E-state index in [1.54, 1.807) is 0 Å². The molecule has 0 aromatic carbocycles. The Bertz CT molecular complexity index is 285. The molecule has 1 saturated carbocycles. The summed E-state index contributed by atoms with van der Waals surface area (Å²) in [5, 5.41) is 3.53. The van der Waals surface area contributed by atoms with Gasteiger partial charge in [-0.3, -0.25) is 0 Å². The second-order valence-corrected chi connectivity index (χ2v) is 6.24. The number of thiophene rings is 1. The van der Waals surface area contributed by atoms with Gasteiger partial charge in [-0.1, -0.05) is 6.42 Å². The van der Waals surface area contributed by atoms with E-state index in [-0.39, 0.29) is 0 Å². The lowest BCUT2D eigenvalue weighted by Crippen LogP contribution is -2.26. The third-order valence-corrected chi connectivity index (χ3v) is 5.00. The molecule has 0 aliphatic heterocycles. The number of rotatable bonds is 4. The van der Waals surface area contributed by atoms with Crippen LogP contribution in [0.5, 0.6) is 0 Å². The molecule has 1 aliphatic carbocycles. The lowest BCUT2D eigenvalue weighted by atomic mass is 9.85. The molecule has 1 nitrogen and oxygen atoms in total. The van der Waals surface area contributed by atoms with Gasteiger partial charge in [0, 0.05) is 20.8 Å². The van der Waals surface area contributed by atoms with E-state index in [0.717, 1.165) is 12.5 Å². The average Bonchev–Trinajstić information content (AvgIpc) is 2.37. The highest BCUT2D eigenvalue weighted by molar-refractivity contribution is 9.10. The highest BCUT2D eigenvalue weighted by Gasteiger charge is 2.16. The van der Waals surface area contributed by atoms with E-state index in [9.17, 15) is 0 Å². The molecule has 1 N–H and O–H groups in total. The normalized spacial score (nSPS) is 17.0. The summed E-state index contributed by atoms with van der Waals surface area (Å²) in [6, 6.07) is 2.23. The summed E-state index contributed by atoms with van der Waals surface area (Å²) in [6.07, 6.45) is 4.30. The maximum Gasteiger partial charge on any atom is 0.0314 e. The van der Waals surface area contributed by atoms with Gasteiger partial charge in [0.15, 0.2) is 0 Å². The van der Waals surface area contributed by atoms with Crippen molar-refractivity contribution in [2.75, 3.05) is 6.54 Å². The third kappa shape index (κ3) is 2.59. The largest absolute Gasteiger partial charge is 0.312 e. The highest BCUT2D eigenvalue weighted by atomic mass is 79.9. The third-order valence-electron chi connectivity index (χ3n) is 2.87. The topological polar surface area (TPSA) is 12.0 Å². The molecule has 0 unspecified atom stereocenters. The maximum atomic E-state index is 3.54. The Balaban J connectivity index is 1.74. The maximum absolute atomic E-state index is 3.54. The SMILES string of the molecule is Cc1sc(CNCC2CCC2)cc1Br. The van der Waals surface area contributed by atoms with Crippen LogP contribution in [0.1, 0.15) is 29.0 Å². The molecule has 1 fully saturated rings. The van der Waals surface area contributed by atoms with Gasteiger partial charge in [0.1, 0.15) is 0 Å². The molecule has 0 spiro atoms. The predicted molar refractivity (Wildman–Crippen MR) is 65.8 cm³/mol. The Morgan fingerprint density at radius 2 is 2.36 bits per heavy atom. The van der Waals surface area contributed by atoms with Crippen molar-refractivity contribution in [3.8, 4) is 0 Å². The monoisotopic (exact) mass is 273 g/mol. The first-order valence-electron chi connectivity index (χ1n) is 5.21. The van der Waals surface area contributed by atoms with Gasteiger partial charge in [0.05, 0.1) is 0 Å². The molecule has 1 heterocycles. The predicted octanol–water partition coefficient (Wildman–Crippen LogP) is 3.71. The van der Waals surface area contributed by atoms with Gasteiger partial charge < -0.3 is 5.32 Å². The molecule has 1 aromatic heterocycles. The number of aryl methyl sites for hydroxylation is 1. The van der Waals surface area contributed by atoms with E-state index < -0.39 is 0 Å². The number of nitrogens with one attached hydrogen (secondary N) is 1. The summed E-state index contributed by atoms with van der Waals surface area (Å²) in [4.78, 5) is 2.82. The van der Waals surface area contributed by atoms with Crippen molar-refractivity contribution in [2.45, 2.75) is 32.7 Å². The molecule has 0 amide bonds. The summed E-state index contributed by atoms with van der Waals surface area (Å²) < 4.78 is 1.25. The van der Waals surface area contributed by atoms with Crippen LogP contribution in [0.15, 0.2) is 10.5 Å². The van der Waals surface area contributed by atoms with Crippen LogP contribution in [0.4, 0.5) is 0 Å². The Morgan fingerprint density at radius 1 is 1.57 bits per heavy atom. The van der Waals surface area contributed by atoms with Gasteiger partial charge in [-0.05, 0) is 54.2 Å². The number of hydrogen-bond acceptors (Lipinski definition) is 2. The summed E-state index contributed by atoms with van der Waals surface area (Å²) in [5.74, 6) is 0.958. The minimum Gasteiger partial charge on any atom is -0.312 e. The Morgan fingerprint density at radius 3 is 2.86 bits per heavy atom. The zero-order chi connectivity index (χ0) is 9.97. The lowest BCUT2D eigenvalue weighted by molar-refractivity contribution is 0.301. The second-order valence-electron chi connectivity index (χ2n) is 4.04. The molecule has 0 bridgehead atoms. The lowest BCUT2D eigenvalue weighted by Gasteiger charge is -2.25. The minimum absolute atomic E-state index is 0.958. The zero-order valence-electron chi connectivity index (χ0n) is 8.48. The van der Waals surface area contributed by atoms with Crippen molar-refractivity contribution in [1.82, 2.24) is 5.32 Å². The molecule has 14 heavy (non-hydrogen) atoms. The fourth-order valence-electron chi connectivity index (χ4n) is 1.70. The van der Waals surface area contributed by atoms with Crippen molar-refractivity contribution in [3.05, 3.63) is 20.3 Å². The van der Waals surface area contributed by atoms with E-state index >= 15 is 0 Å². The molecule has 1 aromatic rings. The van der Waals surface area contributed by atoms with E-state index in [2.05, 4.69) is 34.2 Å². The summed E-state index contributed by atoms with van der Waals surface area (Å²) in [5.41, 5.74) is 0. The quantitative estimate of drug-likeness (QED) is 0.882. The second kappa shape index (κ2) is 4.77. The van der Waals surface area contributed by atoms with Gasteiger partial charge in [0.25, 0.3) is 0 Å². The number of hydrogen-bond donors (Lipinski definition) is 1. The Kier molecular flexibility index (Phi) is 3.63. The van der Waals surface area contributed by atoms with E-state index in [4.69, 9.17) is 0 Å². The van der Waals surface area contributed by atoms with Crippen LogP contribution < -0.4 is 5.32 Å². The molecule has 0 saturated heterocycles. The fraction of sp³-hybridized carbons (Fsp3) is 0.636. The van der Waals surface area contributed by atoms with Crippen LogP contribution in [0, 0.1) is 12.8 Å².